The van der Waals surface area contributed by atoms with Crippen molar-refractivity contribution in [1.82, 2.24) is 0 Å². The van der Waals surface area contributed by atoms with Gasteiger partial charge in [0, 0.05) is 17.1 Å². The largest absolute Gasteiger partial charge is 0.311 e. The van der Waals surface area contributed by atoms with Gasteiger partial charge in [0.25, 0.3) is 0 Å². The van der Waals surface area contributed by atoms with E-state index < -0.39 is 0 Å². The Morgan fingerprint density at radius 3 is 1.18 bits per heavy atom. The molecule has 0 aliphatic carbocycles. The fourth-order valence-electron chi connectivity index (χ4n) is 4.32. The van der Waals surface area contributed by atoms with E-state index in [0.29, 0.717) is 5.92 Å². The van der Waals surface area contributed by atoms with E-state index in [4.69, 9.17) is 0 Å². The van der Waals surface area contributed by atoms with Gasteiger partial charge < -0.3 is 4.90 Å². The Labute approximate surface area is 203 Å². The van der Waals surface area contributed by atoms with Gasteiger partial charge in [0.05, 0.1) is 0 Å². The van der Waals surface area contributed by atoms with Crippen LogP contribution < -0.4 is 4.90 Å². The fraction of sp³-hybridized carbons (Fsp3) is 0.0909. The van der Waals surface area contributed by atoms with E-state index in [9.17, 15) is 0 Å². The first-order valence-electron chi connectivity index (χ1n) is 11.9. The zero-order chi connectivity index (χ0) is 23.3. The Kier molecular flexibility index (Phi) is 6.27. The zero-order valence-corrected chi connectivity index (χ0v) is 19.7. The molecule has 0 saturated heterocycles. The Bertz CT molecular complexity index is 1320. The normalized spacial score (nSPS) is 10.9. The Balaban J connectivity index is 1.48. The van der Waals surface area contributed by atoms with E-state index in [2.05, 4.69) is 152 Å². The standard InChI is InChI=1S/C33H29N/c1-25(2)26-13-15-28(16-14-26)30-19-23-33(24-20-30)34(31-11-7-4-8-12-31)32-21-17-29(18-22-32)27-9-5-3-6-10-27/h3-25H,1-2H3. The van der Waals surface area contributed by atoms with Crippen LogP contribution in [0.15, 0.2) is 133 Å². The third-order valence-electron chi connectivity index (χ3n) is 6.28. The summed E-state index contributed by atoms with van der Waals surface area (Å²) in [5.74, 6) is 0.545. The lowest BCUT2D eigenvalue weighted by atomic mass is 9.98. The first-order valence-corrected chi connectivity index (χ1v) is 11.9. The minimum atomic E-state index is 0.545. The van der Waals surface area contributed by atoms with Crippen molar-refractivity contribution in [3.05, 3.63) is 139 Å². The first kappa shape index (κ1) is 21.7. The molecule has 0 fully saturated rings. The van der Waals surface area contributed by atoms with Crippen LogP contribution in [0.1, 0.15) is 25.3 Å². The quantitative estimate of drug-likeness (QED) is 0.254. The molecule has 0 saturated carbocycles. The number of benzene rings is 5. The van der Waals surface area contributed by atoms with E-state index in [0.717, 1.165) is 17.1 Å². The lowest BCUT2D eigenvalue weighted by molar-refractivity contribution is 0.867. The number of hydrogen-bond acceptors (Lipinski definition) is 1. The summed E-state index contributed by atoms with van der Waals surface area (Å²) >= 11 is 0. The highest BCUT2D eigenvalue weighted by atomic mass is 15.1. The molecule has 0 atom stereocenters. The van der Waals surface area contributed by atoms with Crippen LogP contribution in [0.25, 0.3) is 22.3 Å². The minimum absolute atomic E-state index is 0.545. The molecule has 0 unspecified atom stereocenters. The van der Waals surface area contributed by atoms with Crippen molar-refractivity contribution in [3.8, 4) is 22.3 Å². The molecular formula is C33H29N. The Morgan fingerprint density at radius 2 is 0.735 bits per heavy atom. The molecule has 0 spiro atoms. The molecule has 5 aromatic rings. The maximum absolute atomic E-state index is 2.31. The molecule has 0 aliphatic heterocycles. The molecule has 34 heavy (non-hydrogen) atoms. The summed E-state index contributed by atoms with van der Waals surface area (Å²) in [6, 6.07) is 47.6. The second-order valence-corrected chi connectivity index (χ2v) is 8.91. The summed E-state index contributed by atoms with van der Waals surface area (Å²) in [7, 11) is 0. The van der Waals surface area contributed by atoms with E-state index in [-0.39, 0.29) is 0 Å². The maximum atomic E-state index is 2.31. The van der Waals surface area contributed by atoms with Crippen LogP contribution in [-0.2, 0) is 0 Å². The van der Waals surface area contributed by atoms with Gasteiger partial charge in [-0.3, -0.25) is 0 Å². The number of para-hydroxylation sites is 1. The molecule has 0 bridgehead atoms. The van der Waals surface area contributed by atoms with Gasteiger partial charge >= 0.3 is 0 Å². The number of nitrogens with zero attached hydrogens (tertiary/aromatic N) is 1. The highest BCUT2D eigenvalue weighted by Crippen LogP contribution is 2.36. The third kappa shape index (κ3) is 4.65. The molecule has 0 aromatic heterocycles. The van der Waals surface area contributed by atoms with Gasteiger partial charge in [-0.15, -0.1) is 0 Å². The number of rotatable bonds is 6. The lowest BCUT2D eigenvalue weighted by Crippen LogP contribution is -2.09. The molecule has 0 radical (unpaired) electrons. The Morgan fingerprint density at radius 1 is 0.382 bits per heavy atom. The van der Waals surface area contributed by atoms with E-state index >= 15 is 0 Å². The second kappa shape index (κ2) is 9.80. The third-order valence-corrected chi connectivity index (χ3v) is 6.28. The molecular weight excluding hydrogens is 410 g/mol. The summed E-state index contributed by atoms with van der Waals surface area (Å²) in [6.45, 7) is 4.46. The van der Waals surface area contributed by atoms with Crippen molar-refractivity contribution in [2.24, 2.45) is 0 Å². The van der Waals surface area contributed by atoms with Gasteiger partial charge in [-0.25, -0.2) is 0 Å². The molecule has 1 nitrogen and oxygen atoms in total. The van der Waals surface area contributed by atoms with Crippen LogP contribution in [0.2, 0.25) is 0 Å². The second-order valence-electron chi connectivity index (χ2n) is 8.91. The van der Waals surface area contributed by atoms with Crippen molar-refractivity contribution in [1.29, 1.82) is 0 Å². The van der Waals surface area contributed by atoms with Crippen molar-refractivity contribution in [3.63, 3.8) is 0 Å². The average molecular weight is 440 g/mol. The van der Waals surface area contributed by atoms with Gasteiger partial charge in [0.2, 0.25) is 0 Å². The summed E-state index contributed by atoms with van der Waals surface area (Å²) in [6.07, 6.45) is 0. The molecule has 0 aliphatic rings. The molecule has 5 aromatic carbocycles. The molecule has 0 N–H and O–H groups in total. The monoisotopic (exact) mass is 439 g/mol. The first-order chi connectivity index (χ1) is 16.7. The SMILES string of the molecule is CC(C)c1ccc(-c2ccc(N(c3ccccc3)c3ccc(-c4ccccc4)cc3)cc2)cc1. The zero-order valence-electron chi connectivity index (χ0n) is 19.7. The predicted molar refractivity (Wildman–Crippen MR) is 146 cm³/mol. The van der Waals surface area contributed by atoms with Gasteiger partial charge in [-0.2, -0.15) is 0 Å². The van der Waals surface area contributed by atoms with E-state index in [1.807, 2.05) is 0 Å². The van der Waals surface area contributed by atoms with Gasteiger partial charge in [-0.05, 0) is 70.1 Å². The molecule has 166 valence electrons. The summed E-state index contributed by atoms with van der Waals surface area (Å²) < 4.78 is 0. The fourth-order valence-corrected chi connectivity index (χ4v) is 4.32. The highest BCUT2D eigenvalue weighted by Gasteiger charge is 2.13. The summed E-state index contributed by atoms with van der Waals surface area (Å²) in [5, 5.41) is 0. The topological polar surface area (TPSA) is 3.24 Å². The number of anilines is 3. The molecule has 1 heteroatoms. The van der Waals surface area contributed by atoms with E-state index in [1.54, 1.807) is 0 Å². The van der Waals surface area contributed by atoms with Gasteiger partial charge in [-0.1, -0.05) is 111 Å². The van der Waals surface area contributed by atoms with Crippen molar-refractivity contribution in [2.45, 2.75) is 19.8 Å². The van der Waals surface area contributed by atoms with Gasteiger partial charge in [0.15, 0.2) is 0 Å². The van der Waals surface area contributed by atoms with Crippen LogP contribution in [-0.4, -0.2) is 0 Å². The lowest BCUT2D eigenvalue weighted by Gasteiger charge is -2.26. The van der Waals surface area contributed by atoms with Gasteiger partial charge in [0.1, 0.15) is 0 Å². The predicted octanol–water partition coefficient (Wildman–Crippen LogP) is 9.61. The minimum Gasteiger partial charge on any atom is -0.311 e. The van der Waals surface area contributed by atoms with E-state index in [1.165, 1.54) is 27.8 Å². The van der Waals surface area contributed by atoms with Crippen molar-refractivity contribution in [2.75, 3.05) is 4.90 Å². The van der Waals surface area contributed by atoms with Crippen molar-refractivity contribution >= 4 is 17.1 Å². The highest BCUT2D eigenvalue weighted by molar-refractivity contribution is 5.79. The molecule has 0 heterocycles. The Hall–Kier alpha value is -4.10. The molecule has 0 amide bonds. The molecule has 5 rings (SSSR count). The van der Waals surface area contributed by atoms with Crippen LogP contribution in [0, 0.1) is 0 Å². The van der Waals surface area contributed by atoms with Crippen molar-refractivity contribution < 1.29 is 0 Å². The average Bonchev–Trinajstić information content (AvgIpc) is 2.91. The smallest absolute Gasteiger partial charge is 0.0462 e. The maximum Gasteiger partial charge on any atom is 0.0462 e. The summed E-state index contributed by atoms with van der Waals surface area (Å²) in [5.41, 5.74) is 9.71. The van der Waals surface area contributed by atoms with Crippen LogP contribution in [0.5, 0.6) is 0 Å². The van der Waals surface area contributed by atoms with Crippen LogP contribution >= 0.6 is 0 Å². The number of hydrogen-bond donors (Lipinski definition) is 0. The van der Waals surface area contributed by atoms with Crippen LogP contribution in [0.4, 0.5) is 17.1 Å². The van der Waals surface area contributed by atoms with Crippen LogP contribution in [0.3, 0.4) is 0 Å². The summed E-state index contributed by atoms with van der Waals surface area (Å²) in [4.78, 5) is 2.31.